The van der Waals surface area contributed by atoms with E-state index in [4.69, 9.17) is 16.0 Å². The number of alkyl halides is 1. The van der Waals surface area contributed by atoms with Gasteiger partial charge >= 0.3 is 6.01 Å². The van der Waals surface area contributed by atoms with E-state index < -0.39 is 0 Å². The molecule has 0 aliphatic rings. The molecule has 92 valence electrons. The predicted octanol–water partition coefficient (Wildman–Crippen LogP) is 2.52. The van der Waals surface area contributed by atoms with Gasteiger partial charge in [-0.25, -0.2) is 4.98 Å². The van der Waals surface area contributed by atoms with Crippen LogP contribution in [0.3, 0.4) is 0 Å². The van der Waals surface area contributed by atoms with Gasteiger partial charge in [0.25, 0.3) is 0 Å². The Balaban J connectivity index is 1.84. The van der Waals surface area contributed by atoms with Crippen LogP contribution in [0.25, 0.3) is 0 Å². The molecule has 2 aromatic heterocycles. The third-order valence-corrected chi connectivity index (χ3v) is 3.40. The standard InChI is InChI=1S/C10H13ClN4OS/c1-7(9-12-4-5-17-9)6-13-10-15-14-8(16-10)2-3-11/h4-5,7H,2-3,6H2,1H3,(H,13,15). The normalized spacial score (nSPS) is 12.6. The number of hydrogen-bond donors (Lipinski definition) is 1. The van der Waals surface area contributed by atoms with Crippen LogP contribution in [0.5, 0.6) is 0 Å². The molecular formula is C10H13ClN4OS. The molecule has 0 aliphatic heterocycles. The first-order chi connectivity index (χ1) is 8.29. The van der Waals surface area contributed by atoms with Crippen LogP contribution in [-0.4, -0.2) is 27.6 Å². The molecule has 0 radical (unpaired) electrons. The van der Waals surface area contributed by atoms with Crippen molar-refractivity contribution in [3.05, 3.63) is 22.5 Å². The van der Waals surface area contributed by atoms with Crippen LogP contribution in [0.4, 0.5) is 6.01 Å². The van der Waals surface area contributed by atoms with E-state index in [0.717, 1.165) is 11.6 Å². The molecule has 2 aromatic rings. The third-order valence-electron chi connectivity index (χ3n) is 2.21. The van der Waals surface area contributed by atoms with E-state index in [-0.39, 0.29) is 0 Å². The lowest BCUT2D eigenvalue weighted by Gasteiger charge is -2.07. The van der Waals surface area contributed by atoms with Crippen molar-refractivity contribution in [2.75, 3.05) is 17.7 Å². The summed E-state index contributed by atoms with van der Waals surface area (Å²) >= 11 is 7.23. The lowest BCUT2D eigenvalue weighted by atomic mass is 10.2. The molecule has 0 spiro atoms. The molecule has 0 aliphatic carbocycles. The quantitative estimate of drug-likeness (QED) is 0.819. The summed E-state index contributed by atoms with van der Waals surface area (Å²) in [5.74, 6) is 1.36. The number of nitrogens with one attached hydrogen (secondary N) is 1. The van der Waals surface area contributed by atoms with Gasteiger partial charge in [-0.2, -0.15) is 0 Å². The zero-order valence-electron chi connectivity index (χ0n) is 9.39. The zero-order valence-corrected chi connectivity index (χ0v) is 11.0. The van der Waals surface area contributed by atoms with E-state index in [1.807, 2.05) is 11.6 Å². The molecular weight excluding hydrogens is 260 g/mol. The van der Waals surface area contributed by atoms with Gasteiger partial charge in [0.15, 0.2) is 0 Å². The number of aromatic nitrogens is 3. The number of aryl methyl sites for hydroxylation is 1. The molecule has 1 unspecified atom stereocenters. The monoisotopic (exact) mass is 272 g/mol. The average Bonchev–Trinajstić information content (AvgIpc) is 2.97. The third kappa shape index (κ3) is 3.41. The SMILES string of the molecule is CC(CNc1nnc(CCCl)o1)c1nccs1. The minimum Gasteiger partial charge on any atom is -0.408 e. The van der Waals surface area contributed by atoms with Gasteiger partial charge in [-0.1, -0.05) is 12.0 Å². The van der Waals surface area contributed by atoms with Crippen molar-refractivity contribution in [1.29, 1.82) is 0 Å². The zero-order chi connectivity index (χ0) is 12.1. The van der Waals surface area contributed by atoms with E-state index in [0.29, 0.717) is 30.1 Å². The van der Waals surface area contributed by atoms with Gasteiger partial charge in [0, 0.05) is 36.3 Å². The van der Waals surface area contributed by atoms with Crippen molar-refractivity contribution in [3.8, 4) is 0 Å². The Kier molecular flexibility index (Phi) is 4.33. The molecule has 0 saturated carbocycles. The van der Waals surface area contributed by atoms with Crippen LogP contribution in [-0.2, 0) is 6.42 Å². The predicted molar refractivity (Wildman–Crippen MR) is 67.7 cm³/mol. The smallest absolute Gasteiger partial charge is 0.315 e. The Morgan fingerprint density at radius 1 is 1.53 bits per heavy atom. The van der Waals surface area contributed by atoms with Crippen molar-refractivity contribution in [2.45, 2.75) is 19.3 Å². The number of thiazole rings is 1. The minimum atomic E-state index is 0.318. The number of rotatable bonds is 6. The maximum atomic E-state index is 5.59. The first-order valence-corrected chi connectivity index (χ1v) is 6.72. The second kappa shape index (κ2) is 5.97. The highest BCUT2D eigenvalue weighted by atomic mass is 35.5. The Bertz CT molecular complexity index is 445. The molecule has 2 rings (SSSR count). The van der Waals surface area contributed by atoms with Crippen LogP contribution in [0.2, 0.25) is 0 Å². The van der Waals surface area contributed by atoms with Gasteiger partial charge in [0.05, 0.1) is 5.01 Å². The van der Waals surface area contributed by atoms with E-state index in [1.54, 1.807) is 11.3 Å². The van der Waals surface area contributed by atoms with Crippen LogP contribution < -0.4 is 5.32 Å². The van der Waals surface area contributed by atoms with Gasteiger partial charge < -0.3 is 9.73 Å². The summed E-state index contributed by atoms with van der Waals surface area (Å²) in [5.41, 5.74) is 0. The highest BCUT2D eigenvalue weighted by Crippen LogP contribution is 2.18. The highest BCUT2D eigenvalue weighted by Gasteiger charge is 2.10. The molecule has 5 nitrogen and oxygen atoms in total. The fraction of sp³-hybridized carbons (Fsp3) is 0.500. The number of anilines is 1. The molecule has 2 heterocycles. The molecule has 1 N–H and O–H groups in total. The van der Waals surface area contributed by atoms with Crippen molar-refractivity contribution in [3.63, 3.8) is 0 Å². The summed E-state index contributed by atoms with van der Waals surface area (Å²) in [6, 6.07) is 0.438. The minimum absolute atomic E-state index is 0.318. The van der Waals surface area contributed by atoms with Gasteiger partial charge in [0.1, 0.15) is 0 Å². The van der Waals surface area contributed by atoms with Gasteiger partial charge in [0.2, 0.25) is 5.89 Å². The lowest BCUT2D eigenvalue weighted by molar-refractivity contribution is 0.510. The van der Waals surface area contributed by atoms with Crippen LogP contribution in [0.15, 0.2) is 16.0 Å². The lowest BCUT2D eigenvalue weighted by Crippen LogP contribution is -2.09. The Labute approximate surface area is 108 Å². The Morgan fingerprint density at radius 3 is 3.12 bits per heavy atom. The maximum Gasteiger partial charge on any atom is 0.315 e. The molecule has 7 heteroatoms. The molecule has 0 amide bonds. The highest BCUT2D eigenvalue weighted by molar-refractivity contribution is 7.09. The average molecular weight is 273 g/mol. The number of halogens is 1. The van der Waals surface area contributed by atoms with Crippen molar-refractivity contribution < 1.29 is 4.42 Å². The molecule has 0 saturated heterocycles. The summed E-state index contributed by atoms with van der Waals surface area (Å²) in [6.45, 7) is 2.82. The summed E-state index contributed by atoms with van der Waals surface area (Å²) in [6.07, 6.45) is 2.40. The van der Waals surface area contributed by atoms with Crippen molar-refractivity contribution in [2.24, 2.45) is 0 Å². The molecule has 0 aromatic carbocycles. The van der Waals surface area contributed by atoms with Crippen molar-refractivity contribution >= 4 is 29.0 Å². The van der Waals surface area contributed by atoms with E-state index in [2.05, 4.69) is 27.4 Å². The Morgan fingerprint density at radius 2 is 2.41 bits per heavy atom. The van der Waals surface area contributed by atoms with Crippen molar-refractivity contribution in [1.82, 2.24) is 15.2 Å². The molecule has 0 bridgehead atoms. The number of hydrogen-bond acceptors (Lipinski definition) is 6. The largest absolute Gasteiger partial charge is 0.408 e. The van der Waals surface area contributed by atoms with Gasteiger partial charge in [-0.3, -0.25) is 0 Å². The summed E-state index contributed by atoms with van der Waals surface area (Å²) in [5, 5.41) is 13.9. The van der Waals surface area contributed by atoms with Crippen LogP contribution in [0, 0.1) is 0 Å². The Hall–Kier alpha value is -1.14. The summed E-state index contributed by atoms with van der Waals surface area (Å²) in [7, 11) is 0. The fourth-order valence-electron chi connectivity index (χ4n) is 1.31. The first kappa shape index (κ1) is 12.3. The van der Waals surface area contributed by atoms with E-state index in [1.165, 1.54) is 0 Å². The number of nitrogens with zero attached hydrogens (tertiary/aromatic N) is 3. The summed E-state index contributed by atoms with van der Waals surface area (Å²) in [4.78, 5) is 4.26. The topological polar surface area (TPSA) is 63.8 Å². The van der Waals surface area contributed by atoms with Crippen LogP contribution in [0.1, 0.15) is 23.7 Å². The molecule has 1 atom stereocenters. The first-order valence-electron chi connectivity index (χ1n) is 5.31. The van der Waals surface area contributed by atoms with Gasteiger partial charge in [-0.15, -0.1) is 28.0 Å². The second-order valence-electron chi connectivity index (χ2n) is 3.59. The molecule has 17 heavy (non-hydrogen) atoms. The van der Waals surface area contributed by atoms with E-state index >= 15 is 0 Å². The maximum absolute atomic E-state index is 5.59. The summed E-state index contributed by atoms with van der Waals surface area (Å²) < 4.78 is 5.36. The molecule has 0 fully saturated rings. The van der Waals surface area contributed by atoms with E-state index in [9.17, 15) is 0 Å². The van der Waals surface area contributed by atoms with Gasteiger partial charge in [-0.05, 0) is 0 Å². The van der Waals surface area contributed by atoms with Crippen LogP contribution >= 0.6 is 22.9 Å². The fourth-order valence-corrected chi connectivity index (χ4v) is 2.17. The second-order valence-corrected chi connectivity index (χ2v) is 4.90.